The van der Waals surface area contributed by atoms with Crippen LogP contribution in [-0.2, 0) is 11.3 Å². The van der Waals surface area contributed by atoms with Crippen molar-refractivity contribution in [1.29, 1.82) is 0 Å². The van der Waals surface area contributed by atoms with E-state index in [-0.39, 0.29) is 6.54 Å². The van der Waals surface area contributed by atoms with Crippen LogP contribution in [0.4, 0.5) is 0 Å². The Bertz CT molecular complexity index is 981. The smallest absolute Gasteiger partial charge is 0.333 e. The standard InChI is InChI=1S/C20H25N3O6/c24-11-15-17(26)18(27)19(29-15)22-8-6-16(25)23(20(22)28)10-14-9-13(5-7-21-14)12-3-1-2-4-12/h5-9,12,15,17-19,24,26-27H,1-4,10-11H2/t15-,17?,18?,19-/m1/s1. The van der Waals surface area contributed by atoms with Crippen molar-refractivity contribution in [3.63, 3.8) is 0 Å². The van der Waals surface area contributed by atoms with E-state index in [2.05, 4.69) is 4.98 Å². The predicted molar refractivity (Wildman–Crippen MR) is 103 cm³/mol. The third kappa shape index (κ3) is 3.78. The maximum absolute atomic E-state index is 12.9. The lowest BCUT2D eigenvalue weighted by Crippen LogP contribution is -2.43. The van der Waals surface area contributed by atoms with E-state index in [1.54, 1.807) is 6.20 Å². The Morgan fingerprint density at radius 1 is 1.14 bits per heavy atom. The van der Waals surface area contributed by atoms with E-state index in [1.165, 1.54) is 30.7 Å². The molecule has 2 aromatic heterocycles. The molecule has 1 aliphatic carbocycles. The van der Waals surface area contributed by atoms with Gasteiger partial charge in [-0.2, -0.15) is 0 Å². The third-order valence-electron chi connectivity index (χ3n) is 5.87. The minimum Gasteiger partial charge on any atom is -0.394 e. The fourth-order valence-electron chi connectivity index (χ4n) is 4.24. The molecule has 2 aromatic rings. The molecule has 3 N–H and O–H groups in total. The first-order valence-corrected chi connectivity index (χ1v) is 9.89. The SMILES string of the molecule is O=c1ccn([C@@H]2O[C@H](CO)C(O)C2O)c(=O)n1Cc1cc(C2CCCC2)ccn1. The lowest BCUT2D eigenvalue weighted by Gasteiger charge is -2.18. The number of nitrogens with zero attached hydrogens (tertiary/aromatic N) is 3. The summed E-state index contributed by atoms with van der Waals surface area (Å²) in [5.74, 6) is 0.486. The fraction of sp³-hybridized carbons (Fsp3) is 0.550. The summed E-state index contributed by atoms with van der Waals surface area (Å²) < 4.78 is 7.50. The molecular formula is C20H25N3O6. The Hall–Kier alpha value is -2.33. The highest BCUT2D eigenvalue weighted by atomic mass is 16.6. The number of aliphatic hydroxyl groups excluding tert-OH is 3. The molecule has 1 saturated heterocycles. The Balaban J connectivity index is 1.64. The van der Waals surface area contributed by atoms with Gasteiger partial charge < -0.3 is 20.1 Å². The van der Waals surface area contributed by atoms with Gasteiger partial charge in [0.2, 0.25) is 0 Å². The summed E-state index contributed by atoms with van der Waals surface area (Å²) in [6.07, 6.45) is 2.66. The van der Waals surface area contributed by atoms with Crippen LogP contribution in [0.2, 0.25) is 0 Å². The van der Waals surface area contributed by atoms with E-state index in [0.29, 0.717) is 11.6 Å². The predicted octanol–water partition coefficient (Wildman–Crippen LogP) is -0.278. The summed E-state index contributed by atoms with van der Waals surface area (Å²) in [6.45, 7) is -0.505. The lowest BCUT2D eigenvalue weighted by atomic mass is 9.98. The molecule has 0 aromatic carbocycles. The Kier molecular flexibility index (Phi) is 5.64. The maximum atomic E-state index is 12.9. The number of rotatable bonds is 5. The highest BCUT2D eigenvalue weighted by molar-refractivity contribution is 5.22. The molecule has 0 radical (unpaired) electrons. The van der Waals surface area contributed by atoms with Crippen molar-refractivity contribution < 1.29 is 20.1 Å². The van der Waals surface area contributed by atoms with E-state index < -0.39 is 42.4 Å². The topological polar surface area (TPSA) is 127 Å². The minimum atomic E-state index is -1.40. The molecule has 2 fully saturated rings. The summed E-state index contributed by atoms with van der Waals surface area (Å²) in [4.78, 5) is 29.6. The van der Waals surface area contributed by atoms with Crippen molar-refractivity contribution >= 4 is 0 Å². The zero-order valence-electron chi connectivity index (χ0n) is 15.9. The number of hydrogen-bond donors (Lipinski definition) is 3. The van der Waals surface area contributed by atoms with Gasteiger partial charge in [-0.1, -0.05) is 12.8 Å². The lowest BCUT2D eigenvalue weighted by molar-refractivity contribution is -0.0555. The Morgan fingerprint density at radius 3 is 2.59 bits per heavy atom. The third-order valence-corrected chi connectivity index (χ3v) is 5.87. The number of aromatic nitrogens is 3. The van der Waals surface area contributed by atoms with Crippen LogP contribution >= 0.6 is 0 Å². The van der Waals surface area contributed by atoms with Gasteiger partial charge in [0.15, 0.2) is 6.23 Å². The van der Waals surface area contributed by atoms with Crippen molar-refractivity contribution in [1.82, 2.24) is 14.1 Å². The molecule has 156 valence electrons. The molecule has 0 spiro atoms. The summed E-state index contributed by atoms with van der Waals surface area (Å²) in [6, 6.07) is 5.12. The van der Waals surface area contributed by atoms with Gasteiger partial charge in [0.05, 0.1) is 18.8 Å². The van der Waals surface area contributed by atoms with Crippen molar-refractivity contribution in [3.8, 4) is 0 Å². The van der Waals surface area contributed by atoms with Crippen LogP contribution < -0.4 is 11.2 Å². The first kappa shape index (κ1) is 20.0. The molecule has 2 unspecified atom stereocenters. The molecule has 1 aliphatic heterocycles. The second-order valence-electron chi connectivity index (χ2n) is 7.72. The summed E-state index contributed by atoms with van der Waals surface area (Å²) >= 11 is 0. The highest BCUT2D eigenvalue weighted by Gasteiger charge is 2.43. The first-order valence-electron chi connectivity index (χ1n) is 9.89. The molecule has 0 bridgehead atoms. The van der Waals surface area contributed by atoms with Gasteiger partial charge in [-0.25, -0.2) is 4.79 Å². The van der Waals surface area contributed by atoms with Crippen LogP contribution in [0.5, 0.6) is 0 Å². The van der Waals surface area contributed by atoms with Crippen LogP contribution in [0.15, 0.2) is 40.2 Å². The van der Waals surface area contributed by atoms with E-state index in [0.717, 1.165) is 22.0 Å². The first-order chi connectivity index (χ1) is 14.0. The molecule has 0 amide bonds. The molecular weight excluding hydrogens is 378 g/mol. The summed E-state index contributed by atoms with van der Waals surface area (Å²) in [7, 11) is 0. The van der Waals surface area contributed by atoms with Gasteiger partial charge in [-0.15, -0.1) is 0 Å². The van der Waals surface area contributed by atoms with Crippen molar-refractivity contribution in [2.45, 2.75) is 62.7 Å². The number of pyridine rings is 1. The molecule has 4 rings (SSSR count). The van der Waals surface area contributed by atoms with E-state index in [4.69, 9.17) is 4.74 Å². The number of hydrogen-bond acceptors (Lipinski definition) is 7. The van der Waals surface area contributed by atoms with Crippen LogP contribution in [-0.4, -0.2) is 54.4 Å². The normalized spacial score (nSPS) is 27.6. The van der Waals surface area contributed by atoms with E-state index in [1.807, 2.05) is 12.1 Å². The highest BCUT2D eigenvalue weighted by Crippen LogP contribution is 2.34. The summed E-state index contributed by atoms with van der Waals surface area (Å²) in [5, 5.41) is 29.4. The minimum absolute atomic E-state index is 0.00609. The van der Waals surface area contributed by atoms with E-state index in [9.17, 15) is 24.9 Å². The molecule has 2 aliphatic rings. The van der Waals surface area contributed by atoms with Crippen molar-refractivity contribution in [2.24, 2.45) is 0 Å². The van der Waals surface area contributed by atoms with Gasteiger partial charge in [0, 0.05) is 18.5 Å². The Labute approximate surface area is 166 Å². The van der Waals surface area contributed by atoms with Crippen LogP contribution in [0, 0.1) is 0 Å². The largest absolute Gasteiger partial charge is 0.394 e. The molecule has 29 heavy (non-hydrogen) atoms. The van der Waals surface area contributed by atoms with E-state index >= 15 is 0 Å². The van der Waals surface area contributed by atoms with Crippen LogP contribution in [0.3, 0.4) is 0 Å². The maximum Gasteiger partial charge on any atom is 0.333 e. The quantitative estimate of drug-likeness (QED) is 0.627. The van der Waals surface area contributed by atoms with Gasteiger partial charge in [-0.3, -0.25) is 18.9 Å². The average Bonchev–Trinajstić information content (AvgIpc) is 3.35. The number of aliphatic hydroxyl groups is 3. The van der Waals surface area contributed by atoms with Gasteiger partial charge in [-0.05, 0) is 36.5 Å². The zero-order valence-corrected chi connectivity index (χ0v) is 15.9. The van der Waals surface area contributed by atoms with Gasteiger partial charge in [0.1, 0.15) is 18.3 Å². The molecule has 9 heteroatoms. The number of ether oxygens (including phenoxy) is 1. The molecule has 1 saturated carbocycles. The molecule has 3 heterocycles. The van der Waals surface area contributed by atoms with Gasteiger partial charge >= 0.3 is 5.69 Å². The fourth-order valence-corrected chi connectivity index (χ4v) is 4.24. The second-order valence-corrected chi connectivity index (χ2v) is 7.72. The molecule has 4 atom stereocenters. The van der Waals surface area contributed by atoms with Crippen LogP contribution in [0.1, 0.15) is 49.1 Å². The average molecular weight is 403 g/mol. The second kappa shape index (κ2) is 8.19. The molecule has 9 nitrogen and oxygen atoms in total. The van der Waals surface area contributed by atoms with Crippen molar-refractivity contribution in [3.05, 3.63) is 62.7 Å². The Morgan fingerprint density at radius 2 is 1.90 bits per heavy atom. The zero-order chi connectivity index (χ0) is 20.5. The van der Waals surface area contributed by atoms with Gasteiger partial charge in [0.25, 0.3) is 5.56 Å². The monoisotopic (exact) mass is 403 g/mol. The summed E-state index contributed by atoms with van der Waals surface area (Å²) in [5.41, 5.74) is 0.597. The van der Waals surface area contributed by atoms with Crippen molar-refractivity contribution in [2.75, 3.05) is 6.61 Å². The van der Waals surface area contributed by atoms with Crippen LogP contribution in [0.25, 0.3) is 0 Å².